The van der Waals surface area contributed by atoms with E-state index in [1.807, 2.05) is 6.92 Å². The first-order chi connectivity index (χ1) is 7.66. The molecule has 0 bridgehead atoms. The maximum absolute atomic E-state index is 5.88. The molecule has 0 saturated carbocycles. The minimum absolute atomic E-state index is 0.0883. The molecule has 0 unspecified atom stereocenters. The number of hydrogen-bond donors (Lipinski definition) is 1. The van der Waals surface area contributed by atoms with Gasteiger partial charge in [0.05, 0.1) is 0 Å². The Morgan fingerprint density at radius 2 is 1.62 bits per heavy atom. The molecule has 0 aromatic heterocycles. The van der Waals surface area contributed by atoms with Crippen molar-refractivity contribution in [1.82, 2.24) is 0 Å². The summed E-state index contributed by atoms with van der Waals surface area (Å²) < 4.78 is 0. The molecule has 0 heterocycles. The van der Waals surface area contributed by atoms with Crippen molar-refractivity contribution in [2.45, 2.75) is 19.9 Å². The summed E-state index contributed by atoms with van der Waals surface area (Å²) in [6.45, 7) is 4.11. The molecule has 0 amide bonds. The fraction of sp³-hybridized carbons (Fsp3) is 0.200. The number of aryl methyl sites for hydroxylation is 1. The zero-order valence-corrected chi connectivity index (χ0v) is 9.77. The van der Waals surface area contributed by atoms with Gasteiger partial charge in [-0.1, -0.05) is 48.0 Å². The van der Waals surface area contributed by atoms with Gasteiger partial charge in [-0.15, -0.1) is 0 Å². The molecule has 0 spiro atoms. The molecule has 16 heavy (non-hydrogen) atoms. The summed E-state index contributed by atoms with van der Waals surface area (Å²) >= 11 is 0. The standard InChI is InChI=1S/C15H17N/c1-11-6-8-13(9-7-11)15-5-3-4-14(10-15)12(2)16/h3-10,12H,16H2,1-2H3/t12-/m1/s1. The topological polar surface area (TPSA) is 26.0 Å². The van der Waals surface area contributed by atoms with Crippen LogP contribution in [0.5, 0.6) is 0 Å². The Morgan fingerprint density at radius 3 is 2.25 bits per heavy atom. The Balaban J connectivity index is 2.40. The van der Waals surface area contributed by atoms with Crippen LogP contribution in [-0.2, 0) is 0 Å². The van der Waals surface area contributed by atoms with Gasteiger partial charge in [0.15, 0.2) is 0 Å². The molecule has 0 aliphatic carbocycles. The minimum Gasteiger partial charge on any atom is -0.324 e. The predicted molar refractivity (Wildman–Crippen MR) is 69.2 cm³/mol. The largest absolute Gasteiger partial charge is 0.324 e. The fourth-order valence-corrected chi connectivity index (χ4v) is 1.75. The lowest BCUT2D eigenvalue weighted by molar-refractivity contribution is 0.819. The van der Waals surface area contributed by atoms with Crippen LogP contribution in [0, 0.1) is 6.92 Å². The van der Waals surface area contributed by atoms with Gasteiger partial charge >= 0.3 is 0 Å². The van der Waals surface area contributed by atoms with Crippen LogP contribution in [0.4, 0.5) is 0 Å². The third-order valence-electron chi connectivity index (χ3n) is 2.80. The summed E-state index contributed by atoms with van der Waals surface area (Å²) in [6, 6.07) is 17.1. The molecule has 0 saturated heterocycles. The molecular weight excluding hydrogens is 194 g/mol. The normalized spacial score (nSPS) is 12.4. The first-order valence-electron chi connectivity index (χ1n) is 5.59. The SMILES string of the molecule is Cc1ccc(-c2cccc([C@@H](C)N)c2)cc1. The first-order valence-corrected chi connectivity index (χ1v) is 5.59. The van der Waals surface area contributed by atoms with E-state index in [0.717, 1.165) is 0 Å². The third kappa shape index (κ3) is 2.31. The highest BCUT2D eigenvalue weighted by atomic mass is 14.6. The molecule has 0 aliphatic heterocycles. The molecule has 0 aliphatic rings. The van der Waals surface area contributed by atoms with E-state index in [-0.39, 0.29) is 6.04 Å². The Bertz CT molecular complexity index is 469. The Morgan fingerprint density at radius 1 is 0.938 bits per heavy atom. The Kier molecular flexibility index (Phi) is 3.07. The second-order valence-electron chi connectivity index (χ2n) is 4.28. The van der Waals surface area contributed by atoms with Gasteiger partial charge in [0, 0.05) is 6.04 Å². The van der Waals surface area contributed by atoms with Gasteiger partial charge < -0.3 is 5.73 Å². The highest BCUT2D eigenvalue weighted by Crippen LogP contribution is 2.22. The zero-order valence-electron chi connectivity index (χ0n) is 9.77. The van der Waals surface area contributed by atoms with Crippen molar-refractivity contribution < 1.29 is 0 Å². The van der Waals surface area contributed by atoms with Crippen LogP contribution in [0.3, 0.4) is 0 Å². The van der Waals surface area contributed by atoms with Crippen molar-refractivity contribution in [1.29, 1.82) is 0 Å². The number of hydrogen-bond acceptors (Lipinski definition) is 1. The summed E-state index contributed by atoms with van der Waals surface area (Å²) in [5.74, 6) is 0. The van der Waals surface area contributed by atoms with Crippen molar-refractivity contribution in [3.8, 4) is 11.1 Å². The third-order valence-corrected chi connectivity index (χ3v) is 2.80. The summed E-state index contributed by atoms with van der Waals surface area (Å²) in [6.07, 6.45) is 0. The van der Waals surface area contributed by atoms with Gasteiger partial charge in [0.1, 0.15) is 0 Å². The number of benzene rings is 2. The smallest absolute Gasteiger partial charge is 0.0266 e. The van der Waals surface area contributed by atoms with Crippen molar-refractivity contribution in [2.24, 2.45) is 5.73 Å². The van der Waals surface area contributed by atoms with Crippen LogP contribution >= 0.6 is 0 Å². The molecule has 82 valence electrons. The van der Waals surface area contributed by atoms with Crippen LogP contribution in [-0.4, -0.2) is 0 Å². The van der Waals surface area contributed by atoms with Crippen LogP contribution in [0.1, 0.15) is 24.1 Å². The maximum atomic E-state index is 5.88. The van der Waals surface area contributed by atoms with Crippen molar-refractivity contribution in [3.05, 3.63) is 59.7 Å². The molecule has 1 nitrogen and oxygen atoms in total. The number of nitrogens with two attached hydrogens (primary N) is 1. The lowest BCUT2D eigenvalue weighted by Gasteiger charge is -2.08. The highest BCUT2D eigenvalue weighted by molar-refractivity contribution is 5.64. The van der Waals surface area contributed by atoms with Crippen LogP contribution < -0.4 is 5.73 Å². The van der Waals surface area contributed by atoms with Crippen LogP contribution in [0.25, 0.3) is 11.1 Å². The quantitative estimate of drug-likeness (QED) is 0.805. The van der Waals surface area contributed by atoms with Crippen LogP contribution in [0.2, 0.25) is 0 Å². The van der Waals surface area contributed by atoms with E-state index in [0.29, 0.717) is 0 Å². The van der Waals surface area contributed by atoms with Gasteiger partial charge in [-0.2, -0.15) is 0 Å². The minimum atomic E-state index is 0.0883. The summed E-state index contributed by atoms with van der Waals surface area (Å²) in [7, 11) is 0. The Hall–Kier alpha value is -1.60. The van der Waals surface area contributed by atoms with E-state index in [1.165, 1.54) is 22.3 Å². The summed E-state index contributed by atoms with van der Waals surface area (Å²) in [5.41, 5.74) is 10.8. The molecule has 2 rings (SSSR count). The summed E-state index contributed by atoms with van der Waals surface area (Å²) in [5, 5.41) is 0. The average molecular weight is 211 g/mol. The monoisotopic (exact) mass is 211 g/mol. The average Bonchev–Trinajstić information content (AvgIpc) is 2.30. The lowest BCUT2D eigenvalue weighted by Crippen LogP contribution is -2.04. The van der Waals surface area contributed by atoms with Gasteiger partial charge in [-0.05, 0) is 36.6 Å². The van der Waals surface area contributed by atoms with Gasteiger partial charge in [-0.25, -0.2) is 0 Å². The Labute approximate surface area is 96.9 Å². The van der Waals surface area contributed by atoms with Crippen molar-refractivity contribution in [2.75, 3.05) is 0 Å². The maximum Gasteiger partial charge on any atom is 0.0266 e. The van der Waals surface area contributed by atoms with Crippen molar-refractivity contribution in [3.63, 3.8) is 0 Å². The molecule has 1 atom stereocenters. The van der Waals surface area contributed by atoms with Crippen molar-refractivity contribution >= 4 is 0 Å². The van der Waals surface area contributed by atoms with Gasteiger partial charge in [0.25, 0.3) is 0 Å². The lowest BCUT2D eigenvalue weighted by atomic mass is 10.00. The van der Waals surface area contributed by atoms with E-state index in [4.69, 9.17) is 5.73 Å². The predicted octanol–water partition coefficient (Wildman–Crippen LogP) is 3.68. The second-order valence-corrected chi connectivity index (χ2v) is 4.28. The molecular formula is C15H17N. The molecule has 0 fully saturated rings. The van der Waals surface area contributed by atoms with E-state index >= 15 is 0 Å². The highest BCUT2D eigenvalue weighted by Gasteiger charge is 2.02. The molecule has 2 N–H and O–H groups in total. The fourth-order valence-electron chi connectivity index (χ4n) is 1.75. The molecule has 1 heteroatoms. The van der Waals surface area contributed by atoms with E-state index in [2.05, 4.69) is 55.5 Å². The van der Waals surface area contributed by atoms with E-state index in [1.54, 1.807) is 0 Å². The van der Waals surface area contributed by atoms with E-state index in [9.17, 15) is 0 Å². The number of rotatable bonds is 2. The van der Waals surface area contributed by atoms with Crippen LogP contribution in [0.15, 0.2) is 48.5 Å². The molecule has 2 aromatic rings. The second kappa shape index (κ2) is 4.50. The summed E-state index contributed by atoms with van der Waals surface area (Å²) in [4.78, 5) is 0. The zero-order chi connectivity index (χ0) is 11.5. The molecule has 0 radical (unpaired) electrons. The van der Waals surface area contributed by atoms with Gasteiger partial charge in [0.2, 0.25) is 0 Å². The van der Waals surface area contributed by atoms with E-state index < -0.39 is 0 Å². The first kappa shape index (κ1) is 10.9. The van der Waals surface area contributed by atoms with Gasteiger partial charge in [-0.3, -0.25) is 0 Å². The molecule has 2 aromatic carbocycles.